The van der Waals surface area contributed by atoms with Gasteiger partial charge in [0.1, 0.15) is 0 Å². The van der Waals surface area contributed by atoms with Crippen LogP contribution in [0.25, 0.3) is 0 Å². The van der Waals surface area contributed by atoms with Crippen molar-refractivity contribution in [3.63, 3.8) is 0 Å². The van der Waals surface area contributed by atoms with Crippen molar-refractivity contribution >= 4 is 44.4 Å². The Morgan fingerprint density at radius 3 is 2.89 bits per heavy atom. The van der Waals surface area contributed by atoms with E-state index in [1.54, 1.807) is 0 Å². The smallest absolute Gasteiger partial charge is 0.252 e. The van der Waals surface area contributed by atoms with Crippen molar-refractivity contribution in [3.05, 3.63) is 31.8 Å². The van der Waals surface area contributed by atoms with Crippen molar-refractivity contribution in [3.8, 4) is 0 Å². The number of carbonyl (C=O) groups excluding carboxylic acids is 1. The largest absolute Gasteiger partial charge is 0.352 e. The number of nitrogens with one attached hydrogen (secondary N) is 1. The second kappa shape index (κ2) is 7.07. The van der Waals surface area contributed by atoms with Crippen LogP contribution in [0.1, 0.15) is 43.0 Å². The molecule has 4 heteroatoms. The van der Waals surface area contributed by atoms with Crippen LogP contribution >= 0.6 is 38.5 Å². The molecule has 1 N–H and O–H groups in total. The van der Waals surface area contributed by atoms with Crippen molar-refractivity contribution < 1.29 is 4.79 Å². The average molecular weight is 436 g/mol. The molecule has 1 aliphatic carbocycles. The van der Waals surface area contributed by atoms with E-state index in [0.717, 1.165) is 26.1 Å². The number of amides is 1. The van der Waals surface area contributed by atoms with Crippen LogP contribution in [0.2, 0.25) is 0 Å². The number of carbonyl (C=O) groups is 1. The van der Waals surface area contributed by atoms with Gasteiger partial charge in [0.15, 0.2) is 0 Å². The highest BCUT2D eigenvalue weighted by Gasteiger charge is 2.22. The van der Waals surface area contributed by atoms with Crippen molar-refractivity contribution in [2.45, 2.75) is 32.6 Å². The lowest BCUT2D eigenvalue weighted by molar-refractivity contribution is 0.0935. The fourth-order valence-electron chi connectivity index (χ4n) is 2.69. The molecule has 104 valence electrons. The highest BCUT2D eigenvalue weighted by Crippen LogP contribution is 2.29. The lowest BCUT2D eigenvalue weighted by atomic mass is 9.80. The third kappa shape index (κ3) is 4.18. The first kappa shape index (κ1) is 15.3. The van der Waals surface area contributed by atoms with E-state index in [4.69, 9.17) is 0 Å². The van der Waals surface area contributed by atoms with Gasteiger partial charge in [-0.2, -0.15) is 0 Å². The molecule has 1 aromatic carbocycles. The molecule has 1 saturated carbocycles. The van der Waals surface area contributed by atoms with E-state index in [-0.39, 0.29) is 5.91 Å². The molecule has 1 aliphatic rings. The highest BCUT2D eigenvalue weighted by atomic mass is 127. The standard InChI is InChI=1S/C15H19BrINO/c1-10-4-2-3-5-11(10)9-18-15(19)13-8-12(16)6-7-14(13)17/h6-8,10-11H,2-5,9H2,1H3,(H,18,19). The molecule has 0 radical (unpaired) electrons. The summed E-state index contributed by atoms with van der Waals surface area (Å²) in [7, 11) is 0. The SMILES string of the molecule is CC1CCCCC1CNC(=O)c1cc(Br)ccc1I. The van der Waals surface area contributed by atoms with Gasteiger partial charge in [0, 0.05) is 14.6 Å². The molecule has 2 atom stereocenters. The van der Waals surface area contributed by atoms with E-state index < -0.39 is 0 Å². The monoisotopic (exact) mass is 435 g/mol. The maximum Gasteiger partial charge on any atom is 0.252 e. The third-order valence-electron chi connectivity index (χ3n) is 3.99. The second-order valence-corrected chi connectivity index (χ2v) is 7.43. The van der Waals surface area contributed by atoms with E-state index in [9.17, 15) is 4.79 Å². The summed E-state index contributed by atoms with van der Waals surface area (Å²) in [6.45, 7) is 3.11. The Labute approximate surface area is 137 Å². The van der Waals surface area contributed by atoms with Gasteiger partial charge in [-0.3, -0.25) is 4.79 Å². The molecule has 0 spiro atoms. The lowest BCUT2D eigenvalue weighted by Gasteiger charge is -2.28. The van der Waals surface area contributed by atoms with Gasteiger partial charge in [0.25, 0.3) is 5.91 Å². The Hall–Kier alpha value is -0.100. The molecule has 2 rings (SSSR count). The number of benzene rings is 1. The van der Waals surface area contributed by atoms with Crippen LogP contribution in [0.5, 0.6) is 0 Å². The van der Waals surface area contributed by atoms with E-state index in [1.807, 2.05) is 18.2 Å². The van der Waals surface area contributed by atoms with Crippen LogP contribution < -0.4 is 5.32 Å². The quantitative estimate of drug-likeness (QED) is 0.690. The Bertz CT molecular complexity index is 463. The van der Waals surface area contributed by atoms with E-state index in [2.05, 4.69) is 50.8 Å². The normalized spacial score (nSPS) is 23.1. The maximum absolute atomic E-state index is 12.2. The Morgan fingerprint density at radius 2 is 2.16 bits per heavy atom. The van der Waals surface area contributed by atoms with Gasteiger partial charge in [-0.15, -0.1) is 0 Å². The summed E-state index contributed by atoms with van der Waals surface area (Å²) >= 11 is 5.63. The van der Waals surface area contributed by atoms with Crippen LogP contribution in [-0.2, 0) is 0 Å². The fraction of sp³-hybridized carbons (Fsp3) is 0.533. The third-order valence-corrected chi connectivity index (χ3v) is 5.42. The molecule has 2 unspecified atom stereocenters. The molecular weight excluding hydrogens is 417 g/mol. The lowest BCUT2D eigenvalue weighted by Crippen LogP contribution is -2.33. The van der Waals surface area contributed by atoms with Gasteiger partial charge >= 0.3 is 0 Å². The summed E-state index contributed by atoms with van der Waals surface area (Å²) in [4.78, 5) is 12.2. The first-order valence-electron chi connectivity index (χ1n) is 6.81. The summed E-state index contributed by atoms with van der Waals surface area (Å²) in [5.41, 5.74) is 0.762. The summed E-state index contributed by atoms with van der Waals surface area (Å²) in [6, 6.07) is 5.81. The van der Waals surface area contributed by atoms with Crippen molar-refractivity contribution in [1.82, 2.24) is 5.32 Å². The number of hydrogen-bond donors (Lipinski definition) is 1. The van der Waals surface area contributed by atoms with Crippen LogP contribution in [0.15, 0.2) is 22.7 Å². The molecule has 2 nitrogen and oxygen atoms in total. The van der Waals surface area contributed by atoms with Gasteiger partial charge in [0.05, 0.1) is 5.56 Å². The van der Waals surface area contributed by atoms with Gasteiger partial charge in [-0.25, -0.2) is 0 Å². The zero-order chi connectivity index (χ0) is 13.8. The van der Waals surface area contributed by atoms with E-state index in [1.165, 1.54) is 25.7 Å². The van der Waals surface area contributed by atoms with Crippen LogP contribution in [0.3, 0.4) is 0 Å². The van der Waals surface area contributed by atoms with Crippen molar-refractivity contribution in [1.29, 1.82) is 0 Å². The second-order valence-electron chi connectivity index (χ2n) is 5.36. The minimum Gasteiger partial charge on any atom is -0.352 e. The first-order valence-corrected chi connectivity index (χ1v) is 8.68. The number of rotatable bonds is 3. The predicted octanol–water partition coefficient (Wildman–Crippen LogP) is 4.61. The van der Waals surface area contributed by atoms with Gasteiger partial charge < -0.3 is 5.32 Å². The first-order chi connectivity index (χ1) is 9.08. The zero-order valence-corrected chi connectivity index (χ0v) is 14.8. The summed E-state index contributed by atoms with van der Waals surface area (Å²) in [5.74, 6) is 1.42. The molecule has 19 heavy (non-hydrogen) atoms. The van der Waals surface area contributed by atoms with Crippen LogP contribution in [0.4, 0.5) is 0 Å². The number of hydrogen-bond acceptors (Lipinski definition) is 1. The average Bonchev–Trinajstić information content (AvgIpc) is 2.40. The van der Waals surface area contributed by atoms with Gasteiger partial charge in [0.2, 0.25) is 0 Å². The predicted molar refractivity (Wildman–Crippen MR) is 90.3 cm³/mol. The molecule has 1 aromatic rings. The van der Waals surface area contributed by atoms with Crippen molar-refractivity contribution in [2.24, 2.45) is 11.8 Å². The summed E-state index contributed by atoms with van der Waals surface area (Å²) < 4.78 is 1.94. The Morgan fingerprint density at radius 1 is 1.42 bits per heavy atom. The minimum absolute atomic E-state index is 0.0449. The molecule has 0 bridgehead atoms. The molecule has 0 heterocycles. The van der Waals surface area contributed by atoms with Crippen LogP contribution in [0, 0.1) is 15.4 Å². The van der Waals surface area contributed by atoms with Crippen molar-refractivity contribution in [2.75, 3.05) is 6.54 Å². The molecular formula is C15H19BrINO. The Kier molecular flexibility index (Phi) is 5.69. The van der Waals surface area contributed by atoms with E-state index >= 15 is 0 Å². The summed E-state index contributed by atoms with van der Waals surface area (Å²) in [6.07, 6.45) is 5.19. The number of halogens is 2. The summed E-state index contributed by atoms with van der Waals surface area (Å²) in [5, 5.41) is 3.10. The Balaban J connectivity index is 1.95. The molecule has 0 aliphatic heterocycles. The van der Waals surface area contributed by atoms with Gasteiger partial charge in [-0.1, -0.05) is 42.1 Å². The highest BCUT2D eigenvalue weighted by molar-refractivity contribution is 14.1. The zero-order valence-electron chi connectivity index (χ0n) is 11.1. The maximum atomic E-state index is 12.2. The minimum atomic E-state index is 0.0449. The molecule has 1 fully saturated rings. The van der Waals surface area contributed by atoms with Crippen LogP contribution in [-0.4, -0.2) is 12.5 Å². The molecule has 0 aromatic heterocycles. The fourth-order valence-corrected chi connectivity index (χ4v) is 3.63. The molecule has 0 saturated heterocycles. The van der Waals surface area contributed by atoms with E-state index in [0.29, 0.717) is 5.92 Å². The topological polar surface area (TPSA) is 29.1 Å². The molecule has 1 amide bonds. The van der Waals surface area contributed by atoms with Gasteiger partial charge in [-0.05, 0) is 59.0 Å².